The number of aryl methyl sites for hydroxylation is 2. The van der Waals surface area contributed by atoms with Gasteiger partial charge in [-0.15, -0.1) is 24.0 Å². The van der Waals surface area contributed by atoms with Gasteiger partial charge in [-0.3, -0.25) is 5.32 Å². The van der Waals surface area contributed by atoms with E-state index in [0.29, 0.717) is 10.8 Å². The van der Waals surface area contributed by atoms with E-state index in [4.69, 9.17) is 0 Å². The number of hydrogen-bond donors (Lipinski definition) is 3. The number of carbonyl (C=O) groups excluding carboxylic acids is 1. The molecule has 18 heavy (non-hydrogen) atoms. The molecule has 94 valence electrons. The highest BCUT2D eigenvalue weighted by molar-refractivity contribution is 7.80. The smallest absolute Gasteiger partial charge is 0.307 e. The molecule has 0 aliphatic rings. The van der Waals surface area contributed by atoms with Crippen molar-refractivity contribution in [3.63, 3.8) is 0 Å². The van der Waals surface area contributed by atoms with Crippen LogP contribution >= 0.6 is 24.0 Å². The van der Waals surface area contributed by atoms with Crippen LogP contribution in [-0.2, 0) is 0 Å². The fourth-order valence-corrected chi connectivity index (χ4v) is 2.38. The molecule has 0 aliphatic carbocycles. The second-order valence-corrected chi connectivity index (χ2v) is 5.44. The molecule has 0 spiro atoms. The van der Waals surface area contributed by atoms with Gasteiger partial charge in [-0.25, -0.2) is 9.78 Å². The van der Waals surface area contributed by atoms with Gasteiger partial charge in [-0.1, -0.05) is 12.1 Å². The summed E-state index contributed by atoms with van der Waals surface area (Å²) in [5, 5.41) is 6.03. The standard InChI is InChI=1S/C12H13N3OS2/c1-7-8(2)18-12(13-7)15-11(16)14-9-5-3-4-6-10(9)17/h3-6,17H,1-2H3,(H2,13,14,15,16). The van der Waals surface area contributed by atoms with Crippen molar-refractivity contribution in [3.8, 4) is 0 Å². The van der Waals surface area contributed by atoms with Gasteiger partial charge in [0.1, 0.15) is 0 Å². The maximum absolute atomic E-state index is 11.8. The van der Waals surface area contributed by atoms with Crippen molar-refractivity contribution in [1.29, 1.82) is 0 Å². The fraction of sp³-hybridized carbons (Fsp3) is 0.167. The number of amides is 2. The van der Waals surface area contributed by atoms with Crippen molar-refractivity contribution in [2.75, 3.05) is 10.6 Å². The Bertz CT molecular complexity index is 561. The van der Waals surface area contributed by atoms with E-state index >= 15 is 0 Å². The molecule has 0 saturated carbocycles. The molecule has 6 heteroatoms. The summed E-state index contributed by atoms with van der Waals surface area (Å²) in [5.41, 5.74) is 1.60. The number of anilines is 2. The lowest BCUT2D eigenvalue weighted by Gasteiger charge is -2.07. The molecule has 0 fully saturated rings. The summed E-state index contributed by atoms with van der Waals surface area (Å²) in [6.07, 6.45) is 0. The molecule has 1 heterocycles. The Hall–Kier alpha value is -1.53. The number of thiazole rings is 1. The van der Waals surface area contributed by atoms with E-state index in [1.165, 1.54) is 11.3 Å². The molecule has 2 rings (SSSR count). The van der Waals surface area contributed by atoms with Gasteiger partial charge in [-0.2, -0.15) is 0 Å². The molecule has 2 aromatic rings. The molecule has 0 unspecified atom stereocenters. The zero-order valence-corrected chi connectivity index (χ0v) is 11.7. The average molecular weight is 279 g/mol. The molecule has 2 N–H and O–H groups in total. The number of aromatic nitrogens is 1. The molecule has 0 bridgehead atoms. The van der Waals surface area contributed by atoms with Crippen LogP contribution in [0.3, 0.4) is 0 Å². The lowest BCUT2D eigenvalue weighted by molar-refractivity contribution is 0.262. The molecule has 4 nitrogen and oxygen atoms in total. The van der Waals surface area contributed by atoms with Crippen molar-refractivity contribution in [2.45, 2.75) is 18.7 Å². The van der Waals surface area contributed by atoms with Gasteiger partial charge in [-0.05, 0) is 26.0 Å². The molecular weight excluding hydrogens is 266 g/mol. The van der Waals surface area contributed by atoms with Gasteiger partial charge in [0.2, 0.25) is 0 Å². The Kier molecular flexibility index (Phi) is 3.88. The zero-order valence-electron chi connectivity index (χ0n) is 10.0. The number of urea groups is 1. The van der Waals surface area contributed by atoms with Gasteiger partial charge in [0.25, 0.3) is 0 Å². The van der Waals surface area contributed by atoms with E-state index in [9.17, 15) is 4.79 Å². The Balaban J connectivity index is 2.03. The van der Waals surface area contributed by atoms with E-state index in [1.54, 1.807) is 6.07 Å². The summed E-state index contributed by atoms with van der Waals surface area (Å²) in [5.74, 6) is 0. The number of para-hydroxylation sites is 1. The Morgan fingerprint density at radius 3 is 2.61 bits per heavy atom. The van der Waals surface area contributed by atoms with E-state index < -0.39 is 0 Å². The predicted molar refractivity (Wildman–Crippen MR) is 77.9 cm³/mol. The molecule has 1 aromatic carbocycles. The van der Waals surface area contributed by atoms with Crippen molar-refractivity contribution >= 4 is 40.8 Å². The molecule has 1 aromatic heterocycles. The Morgan fingerprint density at radius 2 is 2.00 bits per heavy atom. The second kappa shape index (κ2) is 5.41. The van der Waals surface area contributed by atoms with Gasteiger partial charge < -0.3 is 5.32 Å². The minimum Gasteiger partial charge on any atom is -0.307 e. The highest BCUT2D eigenvalue weighted by Gasteiger charge is 2.08. The van der Waals surface area contributed by atoms with E-state index in [1.807, 2.05) is 32.0 Å². The highest BCUT2D eigenvalue weighted by atomic mass is 32.1. The lowest BCUT2D eigenvalue weighted by atomic mass is 10.3. The first-order chi connectivity index (χ1) is 8.56. The highest BCUT2D eigenvalue weighted by Crippen LogP contribution is 2.22. The first-order valence-electron chi connectivity index (χ1n) is 5.36. The van der Waals surface area contributed by atoms with Gasteiger partial charge in [0.15, 0.2) is 5.13 Å². The van der Waals surface area contributed by atoms with Gasteiger partial charge in [0, 0.05) is 9.77 Å². The van der Waals surface area contributed by atoms with Crippen LogP contribution in [0.15, 0.2) is 29.2 Å². The van der Waals surface area contributed by atoms with E-state index in [0.717, 1.165) is 15.5 Å². The van der Waals surface area contributed by atoms with Crippen LogP contribution in [0.4, 0.5) is 15.6 Å². The summed E-state index contributed by atoms with van der Waals surface area (Å²) in [6.45, 7) is 3.89. The molecule has 0 aliphatic heterocycles. The molecule has 0 radical (unpaired) electrons. The Labute approximate surface area is 115 Å². The average Bonchev–Trinajstić information content (AvgIpc) is 2.61. The molecule has 2 amide bonds. The maximum atomic E-state index is 11.8. The number of nitrogens with one attached hydrogen (secondary N) is 2. The topological polar surface area (TPSA) is 54.0 Å². The summed E-state index contributed by atoms with van der Waals surface area (Å²) in [6, 6.07) is 6.99. The van der Waals surface area contributed by atoms with Crippen LogP contribution in [0.2, 0.25) is 0 Å². The predicted octanol–water partition coefficient (Wildman–Crippen LogP) is 3.69. The quantitative estimate of drug-likeness (QED) is 0.734. The normalized spacial score (nSPS) is 10.2. The van der Waals surface area contributed by atoms with Crippen LogP contribution < -0.4 is 10.6 Å². The number of thiol groups is 1. The zero-order chi connectivity index (χ0) is 13.1. The number of rotatable bonds is 2. The summed E-state index contributed by atoms with van der Waals surface area (Å²) < 4.78 is 0. The molecular formula is C12H13N3OS2. The molecule has 0 saturated heterocycles. The van der Waals surface area contributed by atoms with E-state index in [-0.39, 0.29) is 6.03 Å². The second-order valence-electron chi connectivity index (χ2n) is 3.76. The lowest BCUT2D eigenvalue weighted by Crippen LogP contribution is -2.19. The monoisotopic (exact) mass is 279 g/mol. The van der Waals surface area contributed by atoms with Crippen LogP contribution in [0.25, 0.3) is 0 Å². The third-order valence-electron chi connectivity index (χ3n) is 2.40. The fourth-order valence-electron chi connectivity index (χ4n) is 1.36. The van der Waals surface area contributed by atoms with Gasteiger partial charge in [0.05, 0.1) is 11.4 Å². The number of hydrogen-bond acceptors (Lipinski definition) is 4. The Morgan fingerprint density at radius 1 is 1.28 bits per heavy atom. The van der Waals surface area contributed by atoms with Crippen LogP contribution in [-0.4, -0.2) is 11.0 Å². The SMILES string of the molecule is Cc1nc(NC(=O)Nc2ccccc2S)sc1C. The maximum Gasteiger partial charge on any atom is 0.325 e. The van der Waals surface area contributed by atoms with Crippen molar-refractivity contribution in [2.24, 2.45) is 0 Å². The first kappa shape index (κ1) is 12.9. The number of carbonyl (C=O) groups is 1. The van der Waals surface area contributed by atoms with Gasteiger partial charge >= 0.3 is 6.03 Å². The third kappa shape index (κ3) is 3.02. The minimum atomic E-state index is -0.315. The minimum absolute atomic E-state index is 0.315. The first-order valence-corrected chi connectivity index (χ1v) is 6.62. The van der Waals surface area contributed by atoms with E-state index in [2.05, 4.69) is 28.2 Å². The molecule has 0 atom stereocenters. The van der Waals surface area contributed by atoms with Crippen molar-refractivity contribution < 1.29 is 4.79 Å². The van der Waals surface area contributed by atoms with Crippen LogP contribution in [0.1, 0.15) is 10.6 Å². The van der Waals surface area contributed by atoms with Crippen LogP contribution in [0.5, 0.6) is 0 Å². The number of nitrogens with zero attached hydrogens (tertiary/aromatic N) is 1. The summed E-state index contributed by atoms with van der Waals surface area (Å²) in [4.78, 5) is 17.8. The number of benzene rings is 1. The largest absolute Gasteiger partial charge is 0.325 e. The van der Waals surface area contributed by atoms with Crippen molar-refractivity contribution in [1.82, 2.24) is 4.98 Å². The van der Waals surface area contributed by atoms with Crippen LogP contribution in [0, 0.1) is 13.8 Å². The van der Waals surface area contributed by atoms with Crippen molar-refractivity contribution in [3.05, 3.63) is 34.8 Å². The summed E-state index contributed by atoms with van der Waals surface area (Å²) in [7, 11) is 0. The third-order valence-corrected chi connectivity index (χ3v) is 3.78. The summed E-state index contributed by atoms with van der Waals surface area (Å²) >= 11 is 5.72.